The molecule has 0 aromatic heterocycles. The van der Waals surface area contributed by atoms with E-state index in [2.05, 4.69) is 21.1 Å². The molecule has 0 saturated heterocycles. The summed E-state index contributed by atoms with van der Waals surface area (Å²) in [7, 11) is 0. The molecule has 0 aromatic carbocycles. The Morgan fingerprint density at radius 2 is 2.20 bits per heavy atom. The Bertz CT molecular complexity index is 169. The van der Waals surface area contributed by atoms with Crippen molar-refractivity contribution in [2.24, 2.45) is 11.1 Å². The number of oxime groups is 1. The zero-order valence-electron chi connectivity index (χ0n) is 5.72. The number of halogens is 1. The molecular formula is C7H10BrNO. The molecule has 0 spiro atoms. The molecule has 0 aromatic rings. The van der Waals surface area contributed by atoms with Crippen molar-refractivity contribution < 1.29 is 4.84 Å². The molecule has 0 amide bonds. The summed E-state index contributed by atoms with van der Waals surface area (Å²) in [6.45, 7) is 0. The average Bonchev–Trinajstić information content (AvgIpc) is 2.34. The van der Waals surface area contributed by atoms with Crippen LogP contribution >= 0.6 is 15.9 Å². The van der Waals surface area contributed by atoms with Gasteiger partial charge in [0.15, 0.2) is 0 Å². The van der Waals surface area contributed by atoms with E-state index in [9.17, 15) is 0 Å². The van der Waals surface area contributed by atoms with Crippen LogP contribution in [0.25, 0.3) is 0 Å². The van der Waals surface area contributed by atoms with Crippen molar-refractivity contribution in [3.8, 4) is 0 Å². The average molecular weight is 204 g/mol. The second-order valence-corrected chi connectivity index (χ2v) is 3.76. The van der Waals surface area contributed by atoms with Crippen molar-refractivity contribution in [1.29, 1.82) is 0 Å². The molecule has 0 unspecified atom stereocenters. The van der Waals surface area contributed by atoms with E-state index in [1.165, 1.54) is 25.7 Å². The van der Waals surface area contributed by atoms with E-state index in [4.69, 9.17) is 4.84 Å². The molecule has 2 aliphatic rings. The molecule has 1 fully saturated rings. The molecule has 0 bridgehead atoms. The smallest absolute Gasteiger partial charge is 0.136 e. The van der Waals surface area contributed by atoms with Crippen molar-refractivity contribution in [2.45, 2.75) is 31.8 Å². The quantitative estimate of drug-likeness (QED) is 0.593. The van der Waals surface area contributed by atoms with Gasteiger partial charge in [-0.25, -0.2) is 0 Å². The standard InChI is InChI=1S/C7H10BrNO/c8-7-5-3-1-2-4-6(5)10-9-7/h5-6H,1-4H2/t5-,6-/m0/s1. The van der Waals surface area contributed by atoms with Gasteiger partial charge < -0.3 is 4.84 Å². The highest BCUT2D eigenvalue weighted by Crippen LogP contribution is 2.33. The van der Waals surface area contributed by atoms with Crippen LogP contribution in [0, 0.1) is 5.92 Å². The molecule has 2 rings (SSSR count). The normalized spacial score (nSPS) is 38.3. The highest BCUT2D eigenvalue weighted by atomic mass is 79.9. The van der Waals surface area contributed by atoms with Gasteiger partial charge in [0, 0.05) is 0 Å². The third kappa shape index (κ3) is 0.965. The van der Waals surface area contributed by atoms with Gasteiger partial charge >= 0.3 is 0 Å². The van der Waals surface area contributed by atoms with Gasteiger partial charge in [-0.2, -0.15) is 0 Å². The number of fused-ring (bicyclic) bond motifs is 1. The van der Waals surface area contributed by atoms with Crippen LogP contribution in [0.5, 0.6) is 0 Å². The fraction of sp³-hybridized carbons (Fsp3) is 0.857. The second-order valence-electron chi connectivity index (χ2n) is 2.95. The van der Waals surface area contributed by atoms with Crippen molar-refractivity contribution in [3.63, 3.8) is 0 Å². The van der Waals surface area contributed by atoms with Gasteiger partial charge in [0.05, 0.1) is 5.92 Å². The molecular weight excluding hydrogens is 194 g/mol. The minimum atomic E-state index is 0.392. The van der Waals surface area contributed by atoms with Crippen molar-refractivity contribution in [3.05, 3.63) is 0 Å². The summed E-state index contributed by atoms with van der Waals surface area (Å²) >= 11 is 3.40. The maximum absolute atomic E-state index is 5.21. The van der Waals surface area contributed by atoms with Gasteiger partial charge in [-0.3, -0.25) is 0 Å². The molecule has 2 nitrogen and oxygen atoms in total. The molecule has 56 valence electrons. The van der Waals surface area contributed by atoms with E-state index in [-0.39, 0.29) is 0 Å². The van der Waals surface area contributed by atoms with Crippen LogP contribution in [-0.2, 0) is 4.84 Å². The van der Waals surface area contributed by atoms with Gasteiger partial charge in [0.2, 0.25) is 0 Å². The minimum absolute atomic E-state index is 0.392. The monoisotopic (exact) mass is 203 g/mol. The molecule has 2 atom stereocenters. The predicted molar refractivity (Wildman–Crippen MR) is 43.2 cm³/mol. The molecule has 10 heavy (non-hydrogen) atoms. The summed E-state index contributed by atoms with van der Waals surface area (Å²) in [5, 5.41) is 3.91. The van der Waals surface area contributed by atoms with Crippen LogP contribution in [0.1, 0.15) is 25.7 Å². The summed E-state index contributed by atoms with van der Waals surface area (Å²) in [6.07, 6.45) is 5.45. The molecule has 1 aliphatic carbocycles. The first-order valence-corrected chi connectivity index (χ1v) is 4.56. The van der Waals surface area contributed by atoms with Gasteiger partial charge in [-0.15, -0.1) is 0 Å². The lowest BCUT2D eigenvalue weighted by atomic mass is 9.88. The van der Waals surface area contributed by atoms with Crippen LogP contribution in [0.3, 0.4) is 0 Å². The van der Waals surface area contributed by atoms with Crippen LogP contribution in [0.15, 0.2) is 5.16 Å². The van der Waals surface area contributed by atoms with Crippen LogP contribution in [0.4, 0.5) is 0 Å². The summed E-state index contributed by atoms with van der Waals surface area (Å²) in [4.78, 5) is 5.21. The summed E-state index contributed by atoms with van der Waals surface area (Å²) in [5.74, 6) is 0.578. The van der Waals surface area contributed by atoms with E-state index in [0.29, 0.717) is 12.0 Å². The SMILES string of the molecule is BrC1=NO[C@H]2CCCC[C@H]12. The zero-order valence-corrected chi connectivity index (χ0v) is 7.30. The molecule has 1 heterocycles. The molecule has 1 aliphatic heterocycles. The largest absolute Gasteiger partial charge is 0.391 e. The fourth-order valence-electron chi connectivity index (χ4n) is 1.68. The predicted octanol–water partition coefficient (Wildman–Crippen LogP) is 2.28. The Morgan fingerprint density at radius 3 is 3.00 bits per heavy atom. The molecule has 0 N–H and O–H groups in total. The summed E-state index contributed by atoms with van der Waals surface area (Å²) in [5.41, 5.74) is 0. The van der Waals surface area contributed by atoms with Gasteiger partial charge in [-0.1, -0.05) is 11.6 Å². The highest BCUT2D eigenvalue weighted by Gasteiger charge is 2.34. The lowest BCUT2D eigenvalue weighted by Crippen LogP contribution is -2.24. The Kier molecular flexibility index (Phi) is 1.68. The third-order valence-electron chi connectivity index (χ3n) is 2.28. The van der Waals surface area contributed by atoms with Gasteiger partial charge in [-0.05, 0) is 35.2 Å². The maximum atomic E-state index is 5.21. The van der Waals surface area contributed by atoms with Crippen LogP contribution < -0.4 is 0 Å². The Labute approximate surface area is 68.7 Å². The Hall–Kier alpha value is -0.0500. The summed E-state index contributed by atoms with van der Waals surface area (Å²) in [6, 6.07) is 0. The third-order valence-corrected chi connectivity index (χ3v) is 3.02. The van der Waals surface area contributed by atoms with E-state index >= 15 is 0 Å². The number of hydrogen-bond donors (Lipinski definition) is 0. The van der Waals surface area contributed by atoms with Crippen LogP contribution in [-0.4, -0.2) is 10.7 Å². The first-order chi connectivity index (χ1) is 4.88. The molecule has 0 radical (unpaired) electrons. The van der Waals surface area contributed by atoms with E-state index in [1.807, 2.05) is 0 Å². The van der Waals surface area contributed by atoms with Crippen LogP contribution in [0.2, 0.25) is 0 Å². The Morgan fingerprint density at radius 1 is 1.40 bits per heavy atom. The summed E-state index contributed by atoms with van der Waals surface area (Å²) < 4.78 is 1.03. The lowest BCUT2D eigenvalue weighted by molar-refractivity contribution is 0.0397. The highest BCUT2D eigenvalue weighted by molar-refractivity contribution is 9.18. The van der Waals surface area contributed by atoms with Gasteiger partial charge in [0.25, 0.3) is 0 Å². The number of rotatable bonds is 0. The first-order valence-electron chi connectivity index (χ1n) is 3.77. The van der Waals surface area contributed by atoms with Crippen molar-refractivity contribution in [1.82, 2.24) is 0 Å². The lowest BCUT2D eigenvalue weighted by Gasteiger charge is -2.21. The van der Waals surface area contributed by atoms with E-state index in [1.54, 1.807) is 0 Å². The Balaban J connectivity index is 2.08. The maximum Gasteiger partial charge on any atom is 0.136 e. The molecule has 3 heteroatoms. The topological polar surface area (TPSA) is 21.6 Å². The van der Waals surface area contributed by atoms with Crippen molar-refractivity contribution >= 4 is 20.6 Å². The molecule has 1 saturated carbocycles. The fourth-order valence-corrected chi connectivity index (χ4v) is 2.29. The van der Waals surface area contributed by atoms with Crippen molar-refractivity contribution in [2.75, 3.05) is 0 Å². The second kappa shape index (κ2) is 2.53. The van der Waals surface area contributed by atoms with Gasteiger partial charge in [0.1, 0.15) is 10.7 Å². The van der Waals surface area contributed by atoms with E-state index in [0.717, 1.165) is 4.62 Å². The number of hydrogen-bond acceptors (Lipinski definition) is 2. The van der Waals surface area contributed by atoms with E-state index < -0.39 is 0 Å². The zero-order chi connectivity index (χ0) is 6.97. The minimum Gasteiger partial charge on any atom is -0.391 e. The number of nitrogens with zero attached hydrogens (tertiary/aromatic N) is 1. The first kappa shape index (κ1) is 6.65.